The summed E-state index contributed by atoms with van der Waals surface area (Å²) in [7, 11) is 1.65. The van der Waals surface area contributed by atoms with Crippen molar-refractivity contribution < 1.29 is 9.15 Å². The quantitative estimate of drug-likeness (QED) is 0.607. The molecule has 0 saturated heterocycles. The number of hydrogen-bond acceptors (Lipinski definition) is 6. The van der Waals surface area contributed by atoms with Crippen LogP contribution in [0, 0.1) is 11.3 Å². The van der Waals surface area contributed by atoms with Gasteiger partial charge in [0.1, 0.15) is 0 Å². The van der Waals surface area contributed by atoms with Gasteiger partial charge in [-0.15, -0.1) is 10.2 Å². The highest BCUT2D eigenvalue weighted by molar-refractivity contribution is 7.99. The van der Waals surface area contributed by atoms with E-state index in [2.05, 4.69) is 16.3 Å². The Labute approximate surface area is 109 Å². The lowest BCUT2D eigenvalue weighted by Crippen LogP contribution is -1.90. The van der Waals surface area contributed by atoms with E-state index < -0.39 is 0 Å². The first-order valence-corrected chi connectivity index (χ1v) is 6.28. The monoisotopic (exact) mass is 261 g/mol. The third-order valence-electron chi connectivity index (χ3n) is 2.18. The van der Waals surface area contributed by atoms with Gasteiger partial charge in [0, 0.05) is 18.4 Å². The first-order chi connectivity index (χ1) is 8.83. The fraction of sp³-hybridized carbons (Fsp3) is 0.250. The van der Waals surface area contributed by atoms with Crippen molar-refractivity contribution in [3.63, 3.8) is 0 Å². The lowest BCUT2D eigenvalue weighted by molar-refractivity contribution is 0.218. The molecule has 0 fully saturated rings. The first-order valence-electron chi connectivity index (χ1n) is 5.29. The second-order valence-corrected chi connectivity index (χ2v) is 4.45. The molecule has 0 atom stereocenters. The zero-order valence-corrected chi connectivity index (χ0v) is 10.6. The van der Waals surface area contributed by atoms with Crippen molar-refractivity contribution in [3.8, 4) is 17.5 Å². The molecule has 6 heteroatoms. The Kier molecular flexibility index (Phi) is 4.34. The van der Waals surface area contributed by atoms with Gasteiger partial charge >= 0.3 is 0 Å². The van der Waals surface area contributed by atoms with Crippen molar-refractivity contribution in [2.45, 2.75) is 5.22 Å². The molecule has 5 nitrogen and oxygen atoms in total. The number of aromatic nitrogens is 2. The molecule has 92 valence electrons. The van der Waals surface area contributed by atoms with Gasteiger partial charge in [-0.3, -0.25) is 0 Å². The summed E-state index contributed by atoms with van der Waals surface area (Å²) in [5.41, 5.74) is 1.41. The van der Waals surface area contributed by atoms with Gasteiger partial charge in [0.25, 0.3) is 5.22 Å². The molecule has 0 unspecified atom stereocenters. The van der Waals surface area contributed by atoms with E-state index in [1.807, 2.05) is 0 Å². The molecule has 1 aromatic carbocycles. The zero-order valence-electron chi connectivity index (χ0n) is 9.79. The van der Waals surface area contributed by atoms with Gasteiger partial charge in [-0.25, -0.2) is 0 Å². The smallest absolute Gasteiger partial charge is 0.276 e. The predicted molar refractivity (Wildman–Crippen MR) is 67.0 cm³/mol. The number of thioether (sulfide) groups is 1. The number of methoxy groups -OCH3 is 1. The van der Waals surface area contributed by atoms with Crippen molar-refractivity contribution in [2.75, 3.05) is 19.5 Å². The fourth-order valence-corrected chi connectivity index (χ4v) is 1.95. The van der Waals surface area contributed by atoms with Crippen LogP contribution in [0.4, 0.5) is 0 Å². The van der Waals surface area contributed by atoms with Crippen LogP contribution in [0.3, 0.4) is 0 Å². The average molecular weight is 261 g/mol. The Bertz CT molecular complexity index is 545. The molecule has 0 spiro atoms. The summed E-state index contributed by atoms with van der Waals surface area (Å²) < 4.78 is 10.4. The minimum absolute atomic E-state index is 0.458. The van der Waals surface area contributed by atoms with Gasteiger partial charge in [0.05, 0.1) is 18.2 Å². The van der Waals surface area contributed by atoms with Crippen molar-refractivity contribution in [2.24, 2.45) is 0 Å². The van der Waals surface area contributed by atoms with Gasteiger partial charge < -0.3 is 9.15 Å². The molecule has 0 aliphatic rings. The second-order valence-electron chi connectivity index (χ2n) is 3.40. The van der Waals surface area contributed by atoms with Crippen molar-refractivity contribution in [3.05, 3.63) is 29.8 Å². The second kappa shape index (κ2) is 6.19. The summed E-state index contributed by atoms with van der Waals surface area (Å²) in [6, 6.07) is 9.07. The zero-order chi connectivity index (χ0) is 12.8. The SMILES string of the molecule is COCCSc1nnc(-c2ccc(C#N)cc2)o1. The molecule has 0 bridgehead atoms. The van der Waals surface area contributed by atoms with Crippen LogP contribution in [0.2, 0.25) is 0 Å². The van der Waals surface area contributed by atoms with Gasteiger partial charge in [0.2, 0.25) is 5.89 Å². The largest absolute Gasteiger partial charge is 0.411 e. The molecule has 2 aromatic rings. The first kappa shape index (κ1) is 12.6. The number of ether oxygens (including phenoxy) is 1. The van der Waals surface area contributed by atoms with Crippen LogP contribution in [0.1, 0.15) is 5.56 Å². The predicted octanol–water partition coefficient (Wildman–Crippen LogP) is 2.35. The summed E-state index contributed by atoms with van der Waals surface area (Å²) in [5.74, 6) is 1.23. The molecule has 0 aliphatic carbocycles. The fourth-order valence-electron chi connectivity index (χ4n) is 1.28. The summed E-state index contributed by atoms with van der Waals surface area (Å²) in [6.45, 7) is 0.638. The van der Waals surface area contributed by atoms with Crippen LogP contribution in [0.25, 0.3) is 11.5 Å². The van der Waals surface area contributed by atoms with Gasteiger partial charge in [0.15, 0.2) is 0 Å². The standard InChI is InChI=1S/C12H11N3O2S/c1-16-6-7-18-12-15-14-11(17-12)10-4-2-9(8-13)3-5-10/h2-5H,6-7H2,1H3. The Balaban J connectivity index is 2.06. The third kappa shape index (κ3) is 3.09. The number of rotatable bonds is 5. The molecule has 0 amide bonds. The lowest BCUT2D eigenvalue weighted by Gasteiger charge is -1.95. The molecule has 1 aromatic heterocycles. The Morgan fingerprint density at radius 3 is 2.78 bits per heavy atom. The number of nitrogens with zero attached hydrogens (tertiary/aromatic N) is 3. The topological polar surface area (TPSA) is 71.9 Å². The van der Waals surface area contributed by atoms with E-state index in [1.54, 1.807) is 31.4 Å². The van der Waals surface area contributed by atoms with Gasteiger partial charge in [-0.05, 0) is 24.3 Å². The molecular formula is C12H11N3O2S. The molecule has 2 rings (SSSR count). The van der Waals surface area contributed by atoms with E-state index in [0.29, 0.717) is 23.3 Å². The van der Waals surface area contributed by atoms with E-state index in [0.717, 1.165) is 11.3 Å². The molecule has 0 saturated carbocycles. The molecule has 1 heterocycles. The molecule has 0 N–H and O–H groups in total. The average Bonchev–Trinajstić information content (AvgIpc) is 2.88. The third-order valence-corrected chi connectivity index (χ3v) is 2.96. The maximum absolute atomic E-state index is 8.71. The van der Waals surface area contributed by atoms with Crippen molar-refractivity contribution in [1.82, 2.24) is 10.2 Å². The Morgan fingerprint density at radius 2 is 2.11 bits per heavy atom. The number of nitriles is 1. The van der Waals surface area contributed by atoms with Crippen molar-refractivity contribution in [1.29, 1.82) is 5.26 Å². The van der Waals surface area contributed by atoms with Crippen LogP contribution < -0.4 is 0 Å². The maximum atomic E-state index is 8.71. The van der Waals surface area contributed by atoms with E-state index in [-0.39, 0.29) is 0 Å². The number of hydrogen-bond donors (Lipinski definition) is 0. The van der Waals surface area contributed by atoms with E-state index in [9.17, 15) is 0 Å². The van der Waals surface area contributed by atoms with Crippen molar-refractivity contribution >= 4 is 11.8 Å². The Hall–Kier alpha value is -1.84. The van der Waals surface area contributed by atoms with Crippen LogP contribution in [0.5, 0.6) is 0 Å². The highest BCUT2D eigenvalue weighted by Gasteiger charge is 2.08. The number of benzene rings is 1. The summed E-state index contributed by atoms with van der Waals surface area (Å²) >= 11 is 1.45. The van der Waals surface area contributed by atoms with Crippen LogP contribution >= 0.6 is 11.8 Å². The maximum Gasteiger partial charge on any atom is 0.276 e. The molecular weight excluding hydrogens is 250 g/mol. The summed E-state index contributed by atoms with van der Waals surface area (Å²) in [6.07, 6.45) is 0. The minimum atomic E-state index is 0.458. The summed E-state index contributed by atoms with van der Waals surface area (Å²) in [4.78, 5) is 0. The highest BCUT2D eigenvalue weighted by Crippen LogP contribution is 2.23. The normalized spacial score (nSPS) is 10.2. The molecule has 0 radical (unpaired) electrons. The molecule has 18 heavy (non-hydrogen) atoms. The van der Waals surface area contributed by atoms with Crippen LogP contribution in [-0.2, 0) is 4.74 Å². The minimum Gasteiger partial charge on any atom is -0.411 e. The van der Waals surface area contributed by atoms with E-state index in [1.165, 1.54) is 11.8 Å². The van der Waals surface area contributed by atoms with Crippen LogP contribution in [-0.4, -0.2) is 29.7 Å². The van der Waals surface area contributed by atoms with Gasteiger partial charge in [-0.1, -0.05) is 11.8 Å². The Morgan fingerprint density at radius 1 is 1.33 bits per heavy atom. The lowest BCUT2D eigenvalue weighted by atomic mass is 10.1. The molecule has 0 aliphatic heterocycles. The van der Waals surface area contributed by atoms with Gasteiger partial charge in [-0.2, -0.15) is 5.26 Å². The van der Waals surface area contributed by atoms with Crippen LogP contribution in [0.15, 0.2) is 33.9 Å². The summed E-state index contributed by atoms with van der Waals surface area (Å²) in [5, 5.41) is 17.1. The van der Waals surface area contributed by atoms with E-state index in [4.69, 9.17) is 14.4 Å². The highest BCUT2D eigenvalue weighted by atomic mass is 32.2. The van der Waals surface area contributed by atoms with E-state index >= 15 is 0 Å².